The molecule has 0 saturated carbocycles. The monoisotopic (exact) mass is 352 g/mol. The van der Waals surface area contributed by atoms with Crippen LogP contribution in [-0.2, 0) is 12.1 Å². The van der Waals surface area contributed by atoms with Crippen LogP contribution in [0.1, 0.15) is 37.9 Å². The predicted molar refractivity (Wildman–Crippen MR) is 96.9 cm³/mol. The second kappa shape index (κ2) is 7.64. The summed E-state index contributed by atoms with van der Waals surface area (Å²) in [7, 11) is 0. The van der Waals surface area contributed by atoms with Crippen LogP contribution in [-0.4, -0.2) is 34.3 Å². The van der Waals surface area contributed by atoms with Gasteiger partial charge in [-0.1, -0.05) is 12.1 Å². The van der Waals surface area contributed by atoms with Gasteiger partial charge in [0.25, 0.3) is 0 Å². The molecule has 24 heavy (non-hydrogen) atoms. The summed E-state index contributed by atoms with van der Waals surface area (Å²) >= 11 is 0. The number of halogens is 2. The van der Waals surface area contributed by atoms with Gasteiger partial charge in [-0.15, -0.1) is 12.4 Å². The summed E-state index contributed by atoms with van der Waals surface area (Å²) in [5, 5.41) is 7.89. The van der Waals surface area contributed by atoms with Crippen molar-refractivity contribution in [2.45, 2.75) is 38.9 Å². The Hall–Kier alpha value is -1.43. The molecule has 1 N–H and O–H groups in total. The smallest absolute Gasteiger partial charge is 0.123 e. The number of benzene rings is 1. The van der Waals surface area contributed by atoms with Crippen LogP contribution in [0.5, 0.6) is 0 Å². The minimum Gasteiger partial charge on any atom is -0.314 e. The van der Waals surface area contributed by atoms with Crippen LogP contribution < -0.4 is 5.32 Å². The standard InChI is InChI=1S/C18H25FN4.ClH/c1-18(2,3)23-13-14(10-21-23)12-22-8-7-20-11-17(22)15-5-4-6-16(19)9-15;/h4-6,9-10,13,17,20H,7-8,11-12H2,1-3H3;1H. The quantitative estimate of drug-likeness (QED) is 0.919. The third-order valence-corrected chi connectivity index (χ3v) is 4.30. The molecule has 4 nitrogen and oxygen atoms in total. The lowest BCUT2D eigenvalue weighted by Gasteiger charge is -2.36. The first-order valence-corrected chi connectivity index (χ1v) is 8.18. The van der Waals surface area contributed by atoms with Gasteiger partial charge in [0.2, 0.25) is 0 Å². The number of hydrogen-bond acceptors (Lipinski definition) is 3. The van der Waals surface area contributed by atoms with Crippen molar-refractivity contribution in [3.05, 3.63) is 53.6 Å². The largest absolute Gasteiger partial charge is 0.314 e. The third kappa shape index (κ3) is 4.35. The number of nitrogens with zero attached hydrogens (tertiary/aromatic N) is 3. The van der Waals surface area contributed by atoms with Crippen molar-refractivity contribution in [1.82, 2.24) is 20.0 Å². The van der Waals surface area contributed by atoms with E-state index in [4.69, 9.17) is 0 Å². The van der Waals surface area contributed by atoms with Gasteiger partial charge in [-0.3, -0.25) is 9.58 Å². The molecule has 0 spiro atoms. The van der Waals surface area contributed by atoms with E-state index in [1.165, 1.54) is 11.6 Å². The summed E-state index contributed by atoms with van der Waals surface area (Å²) in [5.74, 6) is -0.173. The number of nitrogens with one attached hydrogen (secondary N) is 1. The van der Waals surface area contributed by atoms with Crippen LogP contribution in [0.4, 0.5) is 4.39 Å². The third-order valence-electron chi connectivity index (χ3n) is 4.30. The number of rotatable bonds is 3. The molecule has 1 aliphatic heterocycles. The first-order valence-electron chi connectivity index (χ1n) is 8.18. The fourth-order valence-electron chi connectivity index (χ4n) is 3.02. The van der Waals surface area contributed by atoms with Gasteiger partial charge in [-0.2, -0.15) is 5.10 Å². The van der Waals surface area contributed by atoms with Gasteiger partial charge in [0.15, 0.2) is 0 Å². The highest BCUT2D eigenvalue weighted by Crippen LogP contribution is 2.25. The molecule has 1 atom stereocenters. The van der Waals surface area contributed by atoms with Crippen molar-refractivity contribution in [3.8, 4) is 0 Å². The summed E-state index contributed by atoms with van der Waals surface area (Å²) < 4.78 is 15.6. The maximum atomic E-state index is 13.6. The minimum absolute atomic E-state index is 0. The molecular weight excluding hydrogens is 327 g/mol. The van der Waals surface area contributed by atoms with Crippen molar-refractivity contribution in [1.29, 1.82) is 0 Å². The molecular formula is C18H26ClFN4. The highest BCUT2D eigenvalue weighted by atomic mass is 35.5. The molecule has 132 valence electrons. The molecule has 1 aliphatic rings. The van der Waals surface area contributed by atoms with E-state index in [-0.39, 0.29) is 29.8 Å². The molecule has 1 aromatic carbocycles. The zero-order valence-corrected chi connectivity index (χ0v) is 15.3. The molecule has 6 heteroatoms. The molecule has 2 aromatic rings. The zero-order chi connectivity index (χ0) is 16.4. The van der Waals surface area contributed by atoms with Crippen LogP contribution in [0.2, 0.25) is 0 Å². The Bertz CT molecular complexity index is 665. The van der Waals surface area contributed by atoms with E-state index >= 15 is 0 Å². The first-order chi connectivity index (χ1) is 10.9. The van der Waals surface area contributed by atoms with E-state index in [0.717, 1.165) is 31.7 Å². The first kappa shape index (κ1) is 18.9. The van der Waals surface area contributed by atoms with E-state index in [2.05, 4.69) is 42.3 Å². The van der Waals surface area contributed by atoms with Crippen molar-refractivity contribution in [3.63, 3.8) is 0 Å². The van der Waals surface area contributed by atoms with Gasteiger partial charge in [0.05, 0.1) is 11.7 Å². The molecule has 0 amide bonds. The normalized spacial score (nSPS) is 19.1. The maximum absolute atomic E-state index is 13.6. The maximum Gasteiger partial charge on any atom is 0.123 e. The van der Waals surface area contributed by atoms with Crippen molar-refractivity contribution in [2.75, 3.05) is 19.6 Å². The lowest BCUT2D eigenvalue weighted by atomic mass is 10.0. The topological polar surface area (TPSA) is 33.1 Å². The van der Waals surface area contributed by atoms with E-state index in [1.807, 2.05) is 16.9 Å². The Morgan fingerprint density at radius 2 is 2.12 bits per heavy atom. The van der Waals surface area contributed by atoms with Gasteiger partial charge >= 0.3 is 0 Å². The number of hydrogen-bond donors (Lipinski definition) is 1. The average molecular weight is 353 g/mol. The van der Waals surface area contributed by atoms with Crippen molar-refractivity contribution in [2.24, 2.45) is 0 Å². The summed E-state index contributed by atoms with van der Waals surface area (Å²) in [6.45, 7) is 10.0. The number of piperazine rings is 1. The Morgan fingerprint density at radius 1 is 1.33 bits per heavy atom. The van der Waals surface area contributed by atoms with Crippen molar-refractivity contribution >= 4 is 12.4 Å². The zero-order valence-electron chi connectivity index (χ0n) is 14.5. The van der Waals surface area contributed by atoms with Gasteiger partial charge in [-0.25, -0.2) is 4.39 Å². The van der Waals surface area contributed by atoms with E-state index < -0.39 is 0 Å². The Balaban J connectivity index is 0.00000208. The number of aromatic nitrogens is 2. The summed E-state index contributed by atoms with van der Waals surface area (Å²) in [4.78, 5) is 2.40. The molecule has 0 radical (unpaired) electrons. The van der Waals surface area contributed by atoms with Gasteiger partial charge in [-0.05, 0) is 38.5 Å². The van der Waals surface area contributed by atoms with E-state index in [0.29, 0.717) is 0 Å². The second-order valence-electron chi connectivity index (χ2n) is 7.21. The highest BCUT2D eigenvalue weighted by molar-refractivity contribution is 5.85. The van der Waals surface area contributed by atoms with Crippen LogP contribution in [0.3, 0.4) is 0 Å². The summed E-state index contributed by atoms with van der Waals surface area (Å²) in [6.07, 6.45) is 4.06. The molecule has 2 heterocycles. The fourth-order valence-corrected chi connectivity index (χ4v) is 3.02. The Kier molecular flexibility index (Phi) is 6.01. The van der Waals surface area contributed by atoms with Crippen molar-refractivity contribution < 1.29 is 4.39 Å². The second-order valence-corrected chi connectivity index (χ2v) is 7.21. The van der Waals surface area contributed by atoms with Crippen LogP contribution in [0.25, 0.3) is 0 Å². The SMILES string of the molecule is CC(C)(C)n1cc(CN2CCNCC2c2cccc(F)c2)cn1.Cl. The molecule has 1 aromatic heterocycles. The molecule has 1 saturated heterocycles. The lowest BCUT2D eigenvalue weighted by Crippen LogP contribution is -2.45. The predicted octanol–water partition coefficient (Wildman–Crippen LogP) is 3.35. The molecule has 1 fully saturated rings. The van der Waals surface area contributed by atoms with Crippen LogP contribution in [0, 0.1) is 5.82 Å². The van der Waals surface area contributed by atoms with E-state index in [9.17, 15) is 4.39 Å². The van der Waals surface area contributed by atoms with Gasteiger partial charge in [0, 0.05) is 44.0 Å². The van der Waals surface area contributed by atoms with Crippen LogP contribution in [0.15, 0.2) is 36.7 Å². The molecule has 1 unspecified atom stereocenters. The summed E-state index contributed by atoms with van der Waals surface area (Å²) in [6, 6.07) is 7.12. The van der Waals surface area contributed by atoms with E-state index in [1.54, 1.807) is 12.1 Å². The molecule has 0 aliphatic carbocycles. The van der Waals surface area contributed by atoms with Gasteiger partial charge in [0.1, 0.15) is 5.82 Å². The molecule has 3 rings (SSSR count). The highest BCUT2D eigenvalue weighted by Gasteiger charge is 2.25. The Morgan fingerprint density at radius 3 is 2.79 bits per heavy atom. The summed E-state index contributed by atoms with van der Waals surface area (Å²) in [5.41, 5.74) is 2.22. The van der Waals surface area contributed by atoms with Crippen LogP contribution >= 0.6 is 12.4 Å². The minimum atomic E-state index is -0.173. The molecule has 0 bridgehead atoms. The fraction of sp³-hybridized carbons (Fsp3) is 0.500. The van der Waals surface area contributed by atoms with Gasteiger partial charge < -0.3 is 5.32 Å². The Labute approximate surface area is 149 Å². The lowest BCUT2D eigenvalue weighted by molar-refractivity contribution is 0.153. The average Bonchev–Trinajstić information content (AvgIpc) is 2.96.